The number of rotatable bonds is 2. The van der Waals surface area contributed by atoms with E-state index in [0.717, 1.165) is 37.4 Å². The molecule has 120 valence electrons. The van der Waals surface area contributed by atoms with Gasteiger partial charge in [-0.3, -0.25) is 9.59 Å². The van der Waals surface area contributed by atoms with Crippen LogP contribution >= 0.6 is 0 Å². The summed E-state index contributed by atoms with van der Waals surface area (Å²) in [7, 11) is 2.14. The van der Waals surface area contributed by atoms with Crippen molar-refractivity contribution in [3.8, 4) is 0 Å². The van der Waals surface area contributed by atoms with Gasteiger partial charge in [0.15, 0.2) is 0 Å². The number of likely N-dealkylation sites (tertiary alicyclic amines) is 2. The molecule has 2 saturated heterocycles. The van der Waals surface area contributed by atoms with Crippen molar-refractivity contribution < 1.29 is 4.79 Å². The first-order chi connectivity index (χ1) is 10.3. The summed E-state index contributed by atoms with van der Waals surface area (Å²) >= 11 is 0. The molecule has 1 aromatic heterocycles. The zero-order valence-corrected chi connectivity index (χ0v) is 13.9. The Kier molecular flexibility index (Phi) is 3.63. The van der Waals surface area contributed by atoms with E-state index < -0.39 is 0 Å². The molecular weight excluding hydrogens is 278 g/mol. The molecule has 0 spiro atoms. The van der Waals surface area contributed by atoms with Gasteiger partial charge < -0.3 is 14.8 Å². The maximum absolute atomic E-state index is 12.6. The minimum atomic E-state index is -0.129. The smallest absolute Gasteiger partial charge is 0.252 e. The molecule has 1 aromatic rings. The molecule has 0 saturated carbocycles. The first-order valence-corrected chi connectivity index (χ1v) is 7.94. The van der Waals surface area contributed by atoms with Crippen LogP contribution < -0.4 is 5.56 Å². The summed E-state index contributed by atoms with van der Waals surface area (Å²) in [6, 6.07) is 1.93. The van der Waals surface area contributed by atoms with E-state index in [-0.39, 0.29) is 23.3 Å². The lowest BCUT2D eigenvalue weighted by Crippen LogP contribution is -2.36. The SMILES string of the molecule is Cc1cc(C)c(CC(=O)N2C[C@H]3CN(C)C[C@@]3(C)C2)c(=O)[nH]1. The predicted molar refractivity (Wildman–Crippen MR) is 85.9 cm³/mol. The molecule has 0 bridgehead atoms. The third kappa shape index (κ3) is 2.58. The number of carbonyl (C=O) groups excluding carboxylic acids is 1. The molecule has 0 aromatic carbocycles. The number of aryl methyl sites for hydroxylation is 2. The van der Waals surface area contributed by atoms with Crippen molar-refractivity contribution in [1.29, 1.82) is 0 Å². The highest BCUT2D eigenvalue weighted by Crippen LogP contribution is 2.41. The standard InChI is InChI=1S/C17H25N3O2/c1-11-5-12(2)18-16(22)14(11)6-15(21)20-8-13-7-19(4)9-17(13,3)10-20/h5,13H,6-10H2,1-4H3,(H,18,22)/t13-,17+/m1/s1. The summed E-state index contributed by atoms with van der Waals surface area (Å²) in [6.45, 7) is 9.78. The Balaban J connectivity index is 1.74. The van der Waals surface area contributed by atoms with Crippen molar-refractivity contribution in [3.63, 3.8) is 0 Å². The van der Waals surface area contributed by atoms with E-state index in [1.807, 2.05) is 24.8 Å². The van der Waals surface area contributed by atoms with Gasteiger partial charge in [0.05, 0.1) is 6.42 Å². The number of aromatic nitrogens is 1. The number of hydrogen-bond donors (Lipinski definition) is 1. The molecule has 2 fully saturated rings. The summed E-state index contributed by atoms with van der Waals surface area (Å²) in [5, 5.41) is 0. The van der Waals surface area contributed by atoms with Gasteiger partial charge in [-0.2, -0.15) is 0 Å². The molecule has 22 heavy (non-hydrogen) atoms. The first kappa shape index (κ1) is 15.3. The number of amides is 1. The van der Waals surface area contributed by atoms with Crippen LogP contribution in [0.3, 0.4) is 0 Å². The van der Waals surface area contributed by atoms with Gasteiger partial charge in [0.1, 0.15) is 0 Å². The molecule has 3 rings (SSSR count). The number of carbonyl (C=O) groups is 1. The highest BCUT2D eigenvalue weighted by Gasteiger charge is 2.49. The molecular formula is C17H25N3O2. The minimum absolute atomic E-state index is 0.0794. The number of aromatic amines is 1. The third-order valence-electron chi connectivity index (χ3n) is 5.32. The Morgan fingerprint density at radius 2 is 2.09 bits per heavy atom. The predicted octanol–water partition coefficient (Wildman–Crippen LogP) is 0.944. The fraction of sp³-hybridized carbons (Fsp3) is 0.647. The van der Waals surface area contributed by atoms with Crippen LogP contribution in [-0.2, 0) is 11.2 Å². The van der Waals surface area contributed by atoms with Crippen molar-refractivity contribution in [2.45, 2.75) is 27.2 Å². The Labute approximate surface area is 131 Å². The topological polar surface area (TPSA) is 56.4 Å². The molecule has 5 nitrogen and oxygen atoms in total. The molecule has 2 aliphatic heterocycles. The van der Waals surface area contributed by atoms with E-state index in [0.29, 0.717) is 11.5 Å². The fourth-order valence-corrected chi connectivity index (χ4v) is 4.18. The highest BCUT2D eigenvalue weighted by atomic mass is 16.2. The van der Waals surface area contributed by atoms with E-state index in [1.165, 1.54) is 0 Å². The van der Waals surface area contributed by atoms with Crippen LogP contribution in [0.25, 0.3) is 0 Å². The van der Waals surface area contributed by atoms with Crippen molar-refractivity contribution >= 4 is 5.91 Å². The van der Waals surface area contributed by atoms with Crippen LogP contribution in [0.5, 0.6) is 0 Å². The van der Waals surface area contributed by atoms with Gasteiger partial charge in [0.25, 0.3) is 5.56 Å². The van der Waals surface area contributed by atoms with E-state index >= 15 is 0 Å². The molecule has 0 radical (unpaired) electrons. The molecule has 3 heterocycles. The van der Waals surface area contributed by atoms with Crippen LogP contribution in [0.4, 0.5) is 0 Å². The lowest BCUT2D eigenvalue weighted by atomic mass is 9.83. The van der Waals surface area contributed by atoms with Crippen LogP contribution in [0.15, 0.2) is 10.9 Å². The largest absolute Gasteiger partial charge is 0.341 e. The molecule has 0 unspecified atom stereocenters. The molecule has 2 aliphatic rings. The number of nitrogens with zero attached hydrogens (tertiary/aromatic N) is 2. The average Bonchev–Trinajstić information content (AvgIpc) is 2.83. The van der Waals surface area contributed by atoms with Crippen LogP contribution in [0, 0.1) is 25.2 Å². The number of pyridine rings is 1. The summed E-state index contributed by atoms with van der Waals surface area (Å²) < 4.78 is 0. The highest BCUT2D eigenvalue weighted by molar-refractivity contribution is 5.79. The second kappa shape index (κ2) is 5.23. The average molecular weight is 303 g/mol. The van der Waals surface area contributed by atoms with Gasteiger partial charge in [-0.1, -0.05) is 6.92 Å². The Bertz CT molecular complexity index is 666. The normalized spacial score (nSPS) is 28.2. The van der Waals surface area contributed by atoms with Gasteiger partial charge in [-0.05, 0) is 38.4 Å². The fourth-order valence-electron chi connectivity index (χ4n) is 4.18. The van der Waals surface area contributed by atoms with Gasteiger partial charge in [-0.15, -0.1) is 0 Å². The minimum Gasteiger partial charge on any atom is -0.341 e. The first-order valence-electron chi connectivity index (χ1n) is 7.94. The zero-order valence-electron chi connectivity index (χ0n) is 13.9. The van der Waals surface area contributed by atoms with Gasteiger partial charge in [0.2, 0.25) is 5.91 Å². The van der Waals surface area contributed by atoms with Gasteiger partial charge in [0, 0.05) is 42.9 Å². The Hall–Kier alpha value is -1.62. The van der Waals surface area contributed by atoms with E-state index in [9.17, 15) is 9.59 Å². The second-order valence-electron chi connectivity index (χ2n) is 7.44. The summed E-state index contributed by atoms with van der Waals surface area (Å²) in [6.07, 6.45) is 0.208. The van der Waals surface area contributed by atoms with Crippen molar-refractivity contribution in [3.05, 3.63) is 33.2 Å². The van der Waals surface area contributed by atoms with Crippen LogP contribution in [0.2, 0.25) is 0 Å². The van der Waals surface area contributed by atoms with E-state index in [1.54, 1.807) is 0 Å². The van der Waals surface area contributed by atoms with E-state index in [2.05, 4.69) is 23.9 Å². The van der Waals surface area contributed by atoms with E-state index in [4.69, 9.17) is 0 Å². The quantitative estimate of drug-likeness (QED) is 0.885. The second-order valence-corrected chi connectivity index (χ2v) is 7.44. The summed E-state index contributed by atoms with van der Waals surface area (Å²) in [5.74, 6) is 0.634. The summed E-state index contributed by atoms with van der Waals surface area (Å²) in [5.41, 5.74) is 2.43. The van der Waals surface area contributed by atoms with Crippen LogP contribution in [-0.4, -0.2) is 53.9 Å². The van der Waals surface area contributed by atoms with Crippen molar-refractivity contribution in [2.75, 3.05) is 33.2 Å². The van der Waals surface area contributed by atoms with Gasteiger partial charge in [-0.25, -0.2) is 0 Å². The maximum atomic E-state index is 12.6. The third-order valence-corrected chi connectivity index (χ3v) is 5.32. The van der Waals surface area contributed by atoms with Crippen molar-refractivity contribution in [1.82, 2.24) is 14.8 Å². The molecule has 1 amide bonds. The molecule has 0 aliphatic carbocycles. The zero-order chi connectivity index (χ0) is 16.1. The number of hydrogen-bond acceptors (Lipinski definition) is 3. The number of H-pyrrole nitrogens is 1. The molecule has 2 atom stereocenters. The maximum Gasteiger partial charge on any atom is 0.252 e. The molecule has 1 N–H and O–H groups in total. The van der Waals surface area contributed by atoms with Gasteiger partial charge >= 0.3 is 0 Å². The number of fused-ring (bicyclic) bond motifs is 1. The monoisotopic (exact) mass is 303 g/mol. The summed E-state index contributed by atoms with van der Waals surface area (Å²) in [4.78, 5) is 31.8. The Morgan fingerprint density at radius 1 is 1.36 bits per heavy atom. The number of nitrogens with one attached hydrogen (secondary N) is 1. The van der Waals surface area contributed by atoms with Crippen molar-refractivity contribution in [2.24, 2.45) is 11.3 Å². The lowest BCUT2D eigenvalue weighted by Gasteiger charge is -2.24. The molecule has 5 heteroatoms. The Morgan fingerprint density at radius 3 is 2.73 bits per heavy atom. The van der Waals surface area contributed by atoms with Crippen LogP contribution in [0.1, 0.15) is 23.7 Å². The lowest BCUT2D eigenvalue weighted by molar-refractivity contribution is -0.130.